The van der Waals surface area contributed by atoms with Gasteiger partial charge < -0.3 is 15.2 Å². The van der Waals surface area contributed by atoms with Crippen LogP contribution in [0, 0.1) is 0 Å². The summed E-state index contributed by atoms with van der Waals surface area (Å²) in [6.07, 6.45) is 1.09. The standard InChI is InChI=1S/C31H36N6O3/c1-3-40-28(39)16-18-37-34-30(33-35-37)25-14-12-24(13-15-25)29(26-10-7-11-27(38)20-26)36-19-17-32-22-31(36,2)21-23-8-5-4-6-9-23/h4-15,20,29,32,38H,3,16-19,21-22H2,1-2H3. The van der Waals surface area contributed by atoms with Gasteiger partial charge in [0.1, 0.15) is 5.75 Å². The van der Waals surface area contributed by atoms with Crippen LogP contribution in [0.25, 0.3) is 11.4 Å². The van der Waals surface area contributed by atoms with E-state index < -0.39 is 0 Å². The molecule has 0 saturated carbocycles. The van der Waals surface area contributed by atoms with Crippen LogP contribution in [-0.2, 0) is 22.5 Å². The van der Waals surface area contributed by atoms with Crippen molar-refractivity contribution in [3.63, 3.8) is 0 Å². The Morgan fingerprint density at radius 2 is 1.88 bits per heavy atom. The SMILES string of the molecule is CCOC(=O)CCn1nnc(-c2ccc(C(c3cccc(O)c3)N3CCNCC3(C)Cc3ccccc3)cc2)n1. The number of aromatic hydroxyl groups is 1. The molecule has 4 aromatic rings. The Bertz CT molecular complexity index is 1410. The molecule has 1 fully saturated rings. The van der Waals surface area contributed by atoms with Gasteiger partial charge in [-0.1, -0.05) is 66.7 Å². The van der Waals surface area contributed by atoms with E-state index in [4.69, 9.17) is 4.74 Å². The molecule has 2 atom stereocenters. The highest BCUT2D eigenvalue weighted by Gasteiger charge is 2.40. The molecule has 2 heterocycles. The number of phenolic OH excluding ortho intramolecular Hbond substituents is 1. The minimum Gasteiger partial charge on any atom is -0.508 e. The van der Waals surface area contributed by atoms with Crippen LogP contribution < -0.4 is 5.32 Å². The largest absolute Gasteiger partial charge is 0.508 e. The van der Waals surface area contributed by atoms with Crippen LogP contribution >= 0.6 is 0 Å². The van der Waals surface area contributed by atoms with Gasteiger partial charge in [0.2, 0.25) is 5.82 Å². The van der Waals surface area contributed by atoms with E-state index in [0.717, 1.165) is 42.7 Å². The predicted molar refractivity (Wildman–Crippen MR) is 153 cm³/mol. The first-order valence-electron chi connectivity index (χ1n) is 13.8. The van der Waals surface area contributed by atoms with E-state index in [1.165, 1.54) is 10.4 Å². The summed E-state index contributed by atoms with van der Waals surface area (Å²) in [5.41, 5.74) is 4.13. The molecule has 0 amide bonds. The van der Waals surface area contributed by atoms with Gasteiger partial charge in [0.05, 0.1) is 25.6 Å². The predicted octanol–water partition coefficient (Wildman–Crippen LogP) is 3.99. The molecule has 9 nitrogen and oxygen atoms in total. The molecular weight excluding hydrogens is 504 g/mol. The van der Waals surface area contributed by atoms with E-state index in [0.29, 0.717) is 19.0 Å². The molecule has 0 aliphatic carbocycles. The summed E-state index contributed by atoms with van der Waals surface area (Å²) in [6, 6.07) is 26.3. The quantitative estimate of drug-likeness (QED) is 0.291. The lowest BCUT2D eigenvalue weighted by Crippen LogP contribution is -2.61. The van der Waals surface area contributed by atoms with E-state index in [2.05, 4.69) is 75.0 Å². The van der Waals surface area contributed by atoms with Gasteiger partial charge in [0.25, 0.3) is 0 Å². The third-order valence-electron chi connectivity index (χ3n) is 7.41. The van der Waals surface area contributed by atoms with Crippen LogP contribution in [-0.4, -0.2) is 68.0 Å². The van der Waals surface area contributed by atoms with Crippen LogP contribution in [0.4, 0.5) is 0 Å². The number of ether oxygens (including phenoxy) is 1. The zero-order chi connectivity index (χ0) is 28.0. The summed E-state index contributed by atoms with van der Waals surface area (Å²) >= 11 is 0. The summed E-state index contributed by atoms with van der Waals surface area (Å²) in [4.78, 5) is 15.7. The summed E-state index contributed by atoms with van der Waals surface area (Å²) in [5, 5.41) is 26.7. The first kappa shape index (κ1) is 27.5. The van der Waals surface area contributed by atoms with Gasteiger partial charge >= 0.3 is 5.97 Å². The summed E-state index contributed by atoms with van der Waals surface area (Å²) in [7, 11) is 0. The van der Waals surface area contributed by atoms with Gasteiger partial charge in [0.15, 0.2) is 0 Å². The highest BCUT2D eigenvalue weighted by molar-refractivity contribution is 5.69. The highest BCUT2D eigenvalue weighted by atomic mass is 16.5. The molecule has 40 heavy (non-hydrogen) atoms. The zero-order valence-electron chi connectivity index (χ0n) is 23.0. The molecule has 2 unspecified atom stereocenters. The number of hydrogen-bond acceptors (Lipinski definition) is 8. The normalized spacial score (nSPS) is 18.4. The molecule has 1 saturated heterocycles. The number of nitrogens with one attached hydrogen (secondary N) is 1. The summed E-state index contributed by atoms with van der Waals surface area (Å²) in [6.45, 7) is 7.36. The van der Waals surface area contributed by atoms with E-state index in [1.54, 1.807) is 13.0 Å². The van der Waals surface area contributed by atoms with Gasteiger partial charge in [0, 0.05) is 30.7 Å². The number of carbonyl (C=O) groups excluding carboxylic acids is 1. The summed E-state index contributed by atoms with van der Waals surface area (Å²) < 4.78 is 4.98. The van der Waals surface area contributed by atoms with Crippen molar-refractivity contribution in [2.75, 3.05) is 26.2 Å². The van der Waals surface area contributed by atoms with Gasteiger partial charge in [-0.05, 0) is 54.3 Å². The van der Waals surface area contributed by atoms with Gasteiger partial charge in [-0.15, -0.1) is 10.2 Å². The van der Waals surface area contributed by atoms with Gasteiger partial charge in [-0.25, -0.2) is 0 Å². The lowest BCUT2D eigenvalue weighted by Gasteiger charge is -2.50. The highest BCUT2D eigenvalue weighted by Crippen LogP contribution is 2.38. The second-order valence-electron chi connectivity index (χ2n) is 10.4. The van der Waals surface area contributed by atoms with Crippen LogP contribution in [0.3, 0.4) is 0 Å². The number of piperazine rings is 1. The van der Waals surface area contributed by atoms with Crippen molar-refractivity contribution in [2.24, 2.45) is 0 Å². The van der Waals surface area contributed by atoms with Crippen molar-refractivity contribution in [1.82, 2.24) is 30.4 Å². The van der Waals surface area contributed by atoms with E-state index >= 15 is 0 Å². The fraction of sp³-hybridized carbons (Fsp3) is 0.355. The lowest BCUT2D eigenvalue weighted by atomic mass is 9.84. The van der Waals surface area contributed by atoms with Crippen LogP contribution in [0.2, 0.25) is 0 Å². The lowest BCUT2D eigenvalue weighted by molar-refractivity contribution is -0.143. The van der Waals surface area contributed by atoms with Crippen molar-refractivity contribution in [2.45, 2.75) is 44.8 Å². The molecule has 1 aromatic heterocycles. The monoisotopic (exact) mass is 540 g/mol. The Morgan fingerprint density at radius 3 is 2.62 bits per heavy atom. The number of esters is 1. The maximum atomic E-state index is 11.7. The second-order valence-corrected chi connectivity index (χ2v) is 10.4. The Labute approximate surface area is 234 Å². The molecule has 0 radical (unpaired) electrons. The van der Waals surface area contributed by atoms with Crippen LogP contribution in [0.1, 0.15) is 43.0 Å². The number of tetrazole rings is 1. The number of aromatic nitrogens is 4. The number of hydrogen-bond donors (Lipinski definition) is 2. The molecular formula is C31H36N6O3. The first-order valence-corrected chi connectivity index (χ1v) is 13.8. The molecule has 1 aliphatic heterocycles. The maximum absolute atomic E-state index is 11.7. The molecule has 3 aromatic carbocycles. The second kappa shape index (κ2) is 12.4. The molecule has 208 valence electrons. The number of carbonyl (C=O) groups is 1. The van der Waals surface area contributed by atoms with Crippen molar-refractivity contribution in [3.05, 3.63) is 95.6 Å². The van der Waals surface area contributed by atoms with Crippen LogP contribution in [0.5, 0.6) is 5.75 Å². The fourth-order valence-electron chi connectivity index (χ4n) is 5.51. The summed E-state index contributed by atoms with van der Waals surface area (Å²) in [5.74, 6) is 0.471. The Hall–Kier alpha value is -4.08. The molecule has 5 rings (SSSR count). The third kappa shape index (κ3) is 6.38. The number of phenols is 1. The Balaban J connectivity index is 1.43. The number of rotatable bonds is 10. The van der Waals surface area contributed by atoms with Gasteiger partial charge in [-0.2, -0.15) is 4.80 Å². The Kier molecular flexibility index (Phi) is 8.52. The number of benzene rings is 3. The molecule has 0 bridgehead atoms. The van der Waals surface area contributed by atoms with Crippen molar-refractivity contribution in [1.29, 1.82) is 0 Å². The van der Waals surface area contributed by atoms with Crippen molar-refractivity contribution >= 4 is 5.97 Å². The van der Waals surface area contributed by atoms with Crippen molar-refractivity contribution in [3.8, 4) is 17.1 Å². The molecule has 0 spiro atoms. The maximum Gasteiger partial charge on any atom is 0.307 e. The van der Waals surface area contributed by atoms with E-state index in [9.17, 15) is 9.90 Å². The van der Waals surface area contributed by atoms with E-state index in [1.807, 2.05) is 30.3 Å². The van der Waals surface area contributed by atoms with Crippen LogP contribution in [0.15, 0.2) is 78.9 Å². The van der Waals surface area contributed by atoms with E-state index in [-0.39, 0.29) is 29.7 Å². The van der Waals surface area contributed by atoms with Gasteiger partial charge in [-0.3, -0.25) is 9.69 Å². The average molecular weight is 541 g/mol. The minimum atomic E-state index is -0.282. The zero-order valence-corrected chi connectivity index (χ0v) is 23.0. The number of aryl methyl sites for hydroxylation is 1. The fourth-order valence-corrected chi connectivity index (χ4v) is 5.51. The minimum absolute atomic E-state index is 0.0646. The average Bonchev–Trinajstić information content (AvgIpc) is 3.43. The van der Waals surface area contributed by atoms with Crippen molar-refractivity contribution < 1.29 is 14.6 Å². The smallest absolute Gasteiger partial charge is 0.307 e. The number of nitrogens with zero attached hydrogens (tertiary/aromatic N) is 5. The third-order valence-corrected chi connectivity index (χ3v) is 7.41. The first-order chi connectivity index (χ1) is 19.4. The topological polar surface area (TPSA) is 105 Å². The Morgan fingerprint density at radius 1 is 1.07 bits per heavy atom. The molecule has 2 N–H and O–H groups in total. The molecule has 9 heteroatoms. The molecule has 1 aliphatic rings.